The van der Waals surface area contributed by atoms with E-state index in [-0.39, 0.29) is 11.9 Å². The van der Waals surface area contributed by atoms with Crippen LogP contribution < -0.4 is 10.1 Å². The molecule has 144 valence electrons. The molecule has 4 rings (SSSR count). The molecule has 2 aromatic carbocycles. The third kappa shape index (κ3) is 4.77. The molecule has 1 N–H and O–H groups in total. The van der Waals surface area contributed by atoms with Crippen LogP contribution in [0.5, 0.6) is 11.8 Å². The quantitative estimate of drug-likeness (QED) is 0.513. The lowest BCUT2D eigenvalue weighted by molar-refractivity contribution is 0.102. The van der Waals surface area contributed by atoms with Crippen LogP contribution in [-0.2, 0) is 6.54 Å². The average Bonchev–Trinajstić information content (AvgIpc) is 3.21. The van der Waals surface area contributed by atoms with Gasteiger partial charge in [-0.1, -0.05) is 29.8 Å². The molecule has 0 aliphatic carbocycles. The number of benzene rings is 2. The molecule has 8 heteroatoms. The molecule has 0 aliphatic rings. The minimum absolute atomic E-state index is 0.254. The normalized spacial score (nSPS) is 10.5. The van der Waals surface area contributed by atoms with E-state index >= 15 is 0 Å². The summed E-state index contributed by atoms with van der Waals surface area (Å²) in [5.41, 5.74) is 2.02. The van der Waals surface area contributed by atoms with Gasteiger partial charge in [0.1, 0.15) is 5.75 Å². The first-order chi connectivity index (χ1) is 14.2. The van der Waals surface area contributed by atoms with Crippen LogP contribution in [0, 0.1) is 0 Å². The molecule has 0 atom stereocenters. The lowest BCUT2D eigenvalue weighted by Crippen LogP contribution is -2.11. The fourth-order valence-electron chi connectivity index (χ4n) is 2.62. The molecule has 0 saturated carbocycles. The van der Waals surface area contributed by atoms with E-state index in [1.54, 1.807) is 53.6 Å². The summed E-state index contributed by atoms with van der Waals surface area (Å²) >= 11 is 6.18. The van der Waals surface area contributed by atoms with Crippen molar-refractivity contribution in [2.75, 3.05) is 5.32 Å². The number of halogens is 1. The van der Waals surface area contributed by atoms with E-state index in [1.165, 1.54) is 6.20 Å². The van der Waals surface area contributed by atoms with Crippen molar-refractivity contribution < 1.29 is 9.53 Å². The lowest BCUT2D eigenvalue weighted by Gasteiger charge is -2.06. The van der Waals surface area contributed by atoms with Crippen LogP contribution in [0.3, 0.4) is 0 Å². The molecular formula is C21H16ClN5O2. The van der Waals surface area contributed by atoms with Gasteiger partial charge in [0.2, 0.25) is 0 Å². The topological polar surface area (TPSA) is 81.9 Å². The van der Waals surface area contributed by atoms with E-state index < -0.39 is 0 Å². The Morgan fingerprint density at radius 2 is 1.79 bits per heavy atom. The molecule has 0 unspecified atom stereocenters. The second-order valence-corrected chi connectivity index (χ2v) is 6.54. The molecule has 4 aromatic rings. The number of carbonyl (C=O) groups excluding carboxylic acids is 1. The number of nitrogens with one attached hydrogen (secondary N) is 1. The summed E-state index contributed by atoms with van der Waals surface area (Å²) in [5.74, 6) is 0.317. The Bertz CT molecular complexity index is 1110. The predicted octanol–water partition coefficient (Wildman–Crippen LogP) is 4.42. The Kier molecular flexibility index (Phi) is 5.49. The summed E-state index contributed by atoms with van der Waals surface area (Å²) in [6.07, 6.45) is 6.41. The summed E-state index contributed by atoms with van der Waals surface area (Å²) in [5, 5.41) is 7.74. The van der Waals surface area contributed by atoms with E-state index in [4.69, 9.17) is 16.3 Å². The Labute approximate surface area is 172 Å². The second-order valence-electron chi connectivity index (χ2n) is 6.13. The van der Waals surface area contributed by atoms with Crippen LogP contribution in [0.1, 0.15) is 15.9 Å². The standard InChI is InChI=1S/C21H16ClN5O2/c22-19-5-2-1-4-15(19)13-27-14-16(12-25-27)20(28)26-17-6-8-18(9-7-17)29-21-23-10-3-11-24-21/h1-12,14H,13H2,(H,26,28). The number of rotatable bonds is 6. The van der Waals surface area contributed by atoms with Gasteiger partial charge in [-0.25, -0.2) is 9.97 Å². The number of anilines is 1. The molecule has 0 radical (unpaired) electrons. The Balaban J connectivity index is 1.38. The number of carbonyl (C=O) groups is 1. The SMILES string of the molecule is O=C(Nc1ccc(Oc2ncccn2)cc1)c1cnn(Cc2ccccc2Cl)c1. The molecule has 7 nitrogen and oxygen atoms in total. The van der Waals surface area contributed by atoms with Gasteiger partial charge < -0.3 is 10.1 Å². The number of nitrogens with zero attached hydrogens (tertiary/aromatic N) is 4. The lowest BCUT2D eigenvalue weighted by atomic mass is 10.2. The average molecular weight is 406 g/mol. The minimum atomic E-state index is -0.254. The Morgan fingerprint density at radius 1 is 1.03 bits per heavy atom. The maximum absolute atomic E-state index is 12.5. The van der Waals surface area contributed by atoms with Crippen LogP contribution in [0.25, 0.3) is 0 Å². The summed E-state index contributed by atoms with van der Waals surface area (Å²) in [7, 11) is 0. The molecule has 0 bridgehead atoms. The molecular weight excluding hydrogens is 390 g/mol. The van der Waals surface area contributed by atoms with E-state index in [1.807, 2.05) is 24.3 Å². The first-order valence-corrected chi connectivity index (χ1v) is 9.17. The molecule has 1 amide bonds. The zero-order chi connectivity index (χ0) is 20.1. The van der Waals surface area contributed by atoms with Gasteiger partial charge in [0, 0.05) is 29.3 Å². The van der Waals surface area contributed by atoms with Gasteiger partial charge in [0.15, 0.2) is 0 Å². The summed E-state index contributed by atoms with van der Waals surface area (Å²) in [6, 6.07) is 16.4. The monoisotopic (exact) mass is 405 g/mol. The van der Waals surface area contributed by atoms with Crippen molar-refractivity contribution in [2.45, 2.75) is 6.54 Å². The maximum Gasteiger partial charge on any atom is 0.321 e. The van der Waals surface area contributed by atoms with Crippen molar-refractivity contribution in [1.29, 1.82) is 0 Å². The van der Waals surface area contributed by atoms with Gasteiger partial charge in [0.05, 0.1) is 18.3 Å². The first-order valence-electron chi connectivity index (χ1n) is 8.79. The third-order valence-electron chi connectivity index (χ3n) is 4.05. The van der Waals surface area contributed by atoms with E-state index in [0.29, 0.717) is 28.6 Å². The van der Waals surface area contributed by atoms with Gasteiger partial charge in [0.25, 0.3) is 5.91 Å². The number of amides is 1. The van der Waals surface area contributed by atoms with Crippen molar-refractivity contribution >= 4 is 23.2 Å². The zero-order valence-electron chi connectivity index (χ0n) is 15.2. The highest BCUT2D eigenvalue weighted by Crippen LogP contribution is 2.20. The first kappa shape index (κ1) is 18.6. The van der Waals surface area contributed by atoms with Gasteiger partial charge in [-0.2, -0.15) is 5.10 Å². The molecule has 29 heavy (non-hydrogen) atoms. The Morgan fingerprint density at radius 3 is 2.55 bits per heavy atom. The van der Waals surface area contributed by atoms with Crippen molar-refractivity contribution in [2.24, 2.45) is 0 Å². The predicted molar refractivity (Wildman–Crippen MR) is 109 cm³/mol. The molecule has 0 fully saturated rings. The van der Waals surface area contributed by atoms with Crippen LogP contribution in [0.15, 0.2) is 79.4 Å². The molecule has 0 spiro atoms. The number of hydrogen-bond donors (Lipinski definition) is 1. The van der Waals surface area contributed by atoms with E-state index in [9.17, 15) is 4.79 Å². The largest absolute Gasteiger partial charge is 0.424 e. The fraction of sp³-hybridized carbons (Fsp3) is 0.0476. The summed E-state index contributed by atoms with van der Waals surface area (Å²) < 4.78 is 7.21. The van der Waals surface area contributed by atoms with E-state index in [0.717, 1.165) is 5.56 Å². The summed E-state index contributed by atoms with van der Waals surface area (Å²) in [6.45, 7) is 0.487. The summed E-state index contributed by atoms with van der Waals surface area (Å²) in [4.78, 5) is 20.5. The fourth-order valence-corrected chi connectivity index (χ4v) is 2.82. The van der Waals surface area contributed by atoms with Crippen molar-refractivity contribution in [1.82, 2.24) is 19.7 Å². The van der Waals surface area contributed by atoms with Crippen molar-refractivity contribution in [3.05, 3.63) is 95.5 Å². The van der Waals surface area contributed by atoms with Gasteiger partial charge >= 0.3 is 6.01 Å². The van der Waals surface area contributed by atoms with Crippen LogP contribution in [0.4, 0.5) is 5.69 Å². The molecule has 2 heterocycles. The number of aromatic nitrogens is 4. The van der Waals surface area contributed by atoms with Crippen molar-refractivity contribution in [3.63, 3.8) is 0 Å². The van der Waals surface area contributed by atoms with E-state index in [2.05, 4.69) is 20.4 Å². The van der Waals surface area contributed by atoms with Crippen LogP contribution >= 0.6 is 11.6 Å². The number of hydrogen-bond acceptors (Lipinski definition) is 5. The Hall–Kier alpha value is -3.71. The maximum atomic E-state index is 12.5. The van der Waals surface area contributed by atoms with Gasteiger partial charge in [-0.05, 0) is 42.0 Å². The van der Waals surface area contributed by atoms with Gasteiger partial charge in [-0.15, -0.1) is 0 Å². The zero-order valence-corrected chi connectivity index (χ0v) is 16.0. The highest BCUT2D eigenvalue weighted by atomic mass is 35.5. The highest BCUT2D eigenvalue weighted by Gasteiger charge is 2.10. The van der Waals surface area contributed by atoms with Gasteiger partial charge in [-0.3, -0.25) is 9.48 Å². The minimum Gasteiger partial charge on any atom is -0.424 e. The molecule has 0 aliphatic heterocycles. The van der Waals surface area contributed by atoms with Crippen LogP contribution in [-0.4, -0.2) is 25.7 Å². The molecule has 0 saturated heterocycles. The second kappa shape index (κ2) is 8.53. The van der Waals surface area contributed by atoms with Crippen LogP contribution in [0.2, 0.25) is 5.02 Å². The smallest absolute Gasteiger partial charge is 0.321 e. The third-order valence-corrected chi connectivity index (χ3v) is 4.42. The van der Waals surface area contributed by atoms with Crippen molar-refractivity contribution in [3.8, 4) is 11.8 Å². The highest BCUT2D eigenvalue weighted by molar-refractivity contribution is 6.31. The molecule has 2 aromatic heterocycles. The number of ether oxygens (including phenoxy) is 1.